The lowest BCUT2D eigenvalue weighted by Crippen LogP contribution is -2.02. The smallest absolute Gasteiger partial charge is 0.137 e. The van der Waals surface area contributed by atoms with Gasteiger partial charge in [0, 0.05) is 18.2 Å². The van der Waals surface area contributed by atoms with Crippen LogP contribution in [0.25, 0.3) is 0 Å². The topological polar surface area (TPSA) is 55.5 Å². The highest BCUT2D eigenvalue weighted by Gasteiger charge is 2.10. The molecule has 0 fully saturated rings. The van der Waals surface area contributed by atoms with E-state index in [1.807, 2.05) is 18.2 Å². The Bertz CT molecular complexity index is 482. The Morgan fingerprint density at radius 2 is 2.32 bits per heavy atom. The molecule has 2 aromatic rings. The van der Waals surface area contributed by atoms with Crippen molar-refractivity contribution in [1.29, 1.82) is 0 Å². The van der Waals surface area contributed by atoms with Crippen LogP contribution in [0.5, 0.6) is 5.75 Å². The second-order valence-electron chi connectivity index (χ2n) is 4.44. The van der Waals surface area contributed by atoms with Gasteiger partial charge in [-0.25, -0.2) is 0 Å². The van der Waals surface area contributed by atoms with Gasteiger partial charge in [-0.15, -0.1) is 0 Å². The molecule has 2 rings (SSSR count). The quantitative estimate of drug-likeness (QED) is 0.832. The van der Waals surface area contributed by atoms with Gasteiger partial charge < -0.3 is 14.3 Å². The molecule has 0 bridgehead atoms. The average molecular weight is 261 g/mol. The molecule has 1 unspecified atom stereocenters. The van der Waals surface area contributed by atoms with Gasteiger partial charge in [0.1, 0.15) is 11.5 Å². The minimum absolute atomic E-state index is 0.553. The predicted octanol–water partition coefficient (Wildman–Crippen LogP) is 3.13. The predicted molar refractivity (Wildman–Crippen MR) is 72.0 cm³/mol. The SMILES string of the molecule is CCCOc1cncc(C(O)CCc2ccco2)c1. The summed E-state index contributed by atoms with van der Waals surface area (Å²) in [5, 5.41) is 10.1. The van der Waals surface area contributed by atoms with Gasteiger partial charge in [0.2, 0.25) is 0 Å². The van der Waals surface area contributed by atoms with E-state index in [0.29, 0.717) is 25.2 Å². The number of aliphatic hydroxyl groups is 1. The standard InChI is InChI=1S/C15H19NO3/c1-2-7-18-14-9-12(10-16-11-14)15(17)6-5-13-4-3-8-19-13/h3-4,8-11,15,17H,2,5-7H2,1H3. The maximum absolute atomic E-state index is 10.1. The molecule has 1 atom stereocenters. The van der Waals surface area contributed by atoms with Crippen LogP contribution in [0, 0.1) is 0 Å². The van der Waals surface area contributed by atoms with Gasteiger partial charge in [-0.1, -0.05) is 6.92 Å². The van der Waals surface area contributed by atoms with Crippen LogP contribution >= 0.6 is 0 Å². The molecule has 4 heteroatoms. The molecule has 0 spiro atoms. The Kier molecular flexibility index (Phi) is 4.98. The van der Waals surface area contributed by atoms with E-state index in [1.54, 1.807) is 18.7 Å². The summed E-state index contributed by atoms with van der Waals surface area (Å²) in [6, 6.07) is 5.60. The summed E-state index contributed by atoms with van der Waals surface area (Å²) >= 11 is 0. The minimum Gasteiger partial charge on any atom is -0.492 e. The molecule has 0 aliphatic carbocycles. The number of hydrogen-bond donors (Lipinski definition) is 1. The number of aliphatic hydroxyl groups excluding tert-OH is 1. The Balaban J connectivity index is 1.92. The summed E-state index contributed by atoms with van der Waals surface area (Å²) in [4.78, 5) is 4.10. The molecule has 0 aliphatic heterocycles. The molecule has 1 N–H and O–H groups in total. The van der Waals surface area contributed by atoms with Crippen LogP contribution in [-0.4, -0.2) is 16.7 Å². The Morgan fingerprint density at radius 3 is 3.05 bits per heavy atom. The van der Waals surface area contributed by atoms with Gasteiger partial charge in [-0.05, 0) is 31.0 Å². The minimum atomic E-state index is -0.553. The first-order chi connectivity index (χ1) is 9.29. The summed E-state index contributed by atoms with van der Waals surface area (Å²) in [6.45, 7) is 2.71. The lowest BCUT2D eigenvalue weighted by atomic mass is 10.1. The molecule has 19 heavy (non-hydrogen) atoms. The zero-order valence-corrected chi connectivity index (χ0v) is 11.1. The summed E-state index contributed by atoms with van der Waals surface area (Å²) in [5.74, 6) is 1.58. The van der Waals surface area contributed by atoms with E-state index >= 15 is 0 Å². The normalized spacial score (nSPS) is 12.3. The third-order valence-electron chi connectivity index (χ3n) is 2.84. The van der Waals surface area contributed by atoms with Crippen molar-refractivity contribution >= 4 is 0 Å². The zero-order chi connectivity index (χ0) is 13.5. The second-order valence-corrected chi connectivity index (χ2v) is 4.44. The number of rotatable bonds is 7. The maximum Gasteiger partial charge on any atom is 0.137 e. The lowest BCUT2D eigenvalue weighted by molar-refractivity contribution is 0.164. The van der Waals surface area contributed by atoms with Gasteiger partial charge in [0.05, 0.1) is 25.2 Å². The average Bonchev–Trinajstić information content (AvgIpc) is 2.96. The molecule has 0 radical (unpaired) electrons. The van der Waals surface area contributed by atoms with Crippen molar-refractivity contribution in [3.63, 3.8) is 0 Å². The Hall–Kier alpha value is -1.81. The van der Waals surface area contributed by atoms with Crippen LogP contribution in [-0.2, 0) is 6.42 Å². The molecule has 0 saturated carbocycles. The van der Waals surface area contributed by atoms with Crippen LogP contribution < -0.4 is 4.74 Å². The fourth-order valence-electron chi connectivity index (χ4n) is 1.82. The second kappa shape index (κ2) is 6.95. The third-order valence-corrected chi connectivity index (χ3v) is 2.84. The van der Waals surface area contributed by atoms with E-state index in [9.17, 15) is 5.11 Å². The zero-order valence-electron chi connectivity index (χ0n) is 11.1. The van der Waals surface area contributed by atoms with Crippen molar-refractivity contribution in [1.82, 2.24) is 4.98 Å². The highest BCUT2D eigenvalue weighted by atomic mass is 16.5. The van der Waals surface area contributed by atoms with E-state index in [-0.39, 0.29) is 0 Å². The van der Waals surface area contributed by atoms with E-state index < -0.39 is 6.10 Å². The van der Waals surface area contributed by atoms with Crippen LogP contribution in [0.15, 0.2) is 41.3 Å². The fourth-order valence-corrected chi connectivity index (χ4v) is 1.82. The fraction of sp³-hybridized carbons (Fsp3) is 0.400. The summed E-state index contributed by atoms with van der Waals surface area (Å²) in [6.07, 6.45) is 6.68. The van der Waals surface area contributed by atoms with Gasteiger partial charge in [-0.2, -0.15) is 0 Å². The third kappa shape index (κ3) is 4.10. The van der Waals surface area contributed by atoms with Crippen molar-refractivity contribution in [2.75, 3.05) is 6.61 Å². The van der Waals surface area contributed by atoms with Crippen molar-refractivity contribution in [2.24, 2.45) is 0 Å². The van der Waals surface area contributed by atoms with Crippen molar-refractivity contribution < 1.29 is 14.3 Å². The molecule has 0 aromatic carbocycles. The molecule has 4 nitrogen and oxygen atoms in total. The largest absolute Gasteiger partial charge is 0.492 e. The first-order valence-electron chi connectivity index (χ1n) is 6.57. The van der Waals surface area contributed by atoms with Crippen molar-refractivity contribution in [3.8, 4) is 5.75 Å². The van der Waals surface area contributed by atoms with Gasteiger partial charge >= 0.3 is 0 Å². The number of aryl methyl sites for hydroxylation is 1. The first-order valence-corrected chi connectivity index (χ1v) is 6.57. The molecule has 0 saturated heterocycles. The van der Waals surface area contributed by atoms with E-state index in [1.165, 1.54) is 0 Å². The lowest BCUT2D eigenvalue weighted by Gasteiger charge is -2.11. The molecule has 0 amide bonds. The van der Waals surface area contributed by atoms with Gasteiger partial charge in [0.15, 0.2) is 0 Å². The highest BCUT2D eigenvalue weighted by molar-refractivity contribution is 5.25. The Labute approximate surface area is 113 Å². The van der Waals surface area contributed by atoms with Crippen LogP contribution in [0.3, 0.4) is 0 Å². The summed E-state index contributed by atoms with van der Waals surface area (Å²) < 4.78 is 10.7. The molecule has 0 aliphatic rings. The summed E-state index contributed by atoms with van der Waals surface area (Å²) in [7, 11) is 0. The number of aromatic nitrogens is 1. The monoisotopic (exact) mass is 261 g/mol. The van der Waals surface area contributed by atoms with Gasteiger partial charge in [-0.3, -0.25) is 4.98 Å². The first kappa shape index (κ1) is 13.6. The van der Waals surface area contributed by atoms with E-state index in [4.69, 9.17) is 9.15 Å². The van der Waals surface area contributed by atoms with E-state index in [2.05, 4.69) is 11.9 Å². The molecular formula is C15H19NO3. The number of nitrogens with zero attached hydrogens (tertiary/aromatic N) is 1. The molecule has 2 heterocycles. The Morgan fingerprint density at radius 1 is 1.42 bits per heavy atom. The number of hydrogen-bond acceptors (Lipinski definition) is 4. The molecular weight excluding hydrogens is 242 g/mol. The van der Waals surface area contributed by atoms with Crippen LogP contribution in [0.2, 0.25) is 0 Å². The number of furan rings is 1. The van der Waals surface area contributed by atoms with E-state index in [0.717, 1.165) is 17.7 Å². The van der Waals surface area contributed by atoms with Crippen LogP contribution in [0.1, 0.15) is 37.2 Å². The maximum atomic E-state index is 10.1. The van der Waals surface area contributed by atoms with Crippen LogP contribution in [0.4, 0.5) is 0 Å². The summed E-state index contributed by atoms with van der Waals surface area (Å²) in [5.41, 5.74) is 0.778. The number of ether oxygens (including phenoxy) is 1. The van der Waals surface area contributed by atoms with Gasteiger partial charge in [0.25, 0.3) is 0 Å². The highest BCUT2D eigenvalue weighted by Crippen LogP contribution is 2.22. The molecule has 102 valence electrons. The van der Waals surface area contributed by atoms with Crippen molar-refractivity contribution in [2.45, 2.75) is 32.3 Å². The number of pyridine rings is 1. The molecule has 2 aromatic heterocycles. The van der Waals surface area contributed by atoms with Crippen molar-refractivity contribution in [3.05, 3.63) is 48.2 Å².